The van der Waals surface area contributed by atoms with Crippen LogP contribution in [0, 0.1) is 5.82 Å². The van der Waals surface area contributed by atoms with Crippen LogP contribution in [0.4, 0.5) is 15.2 Å². The molecule has 5 aromatic rings. The molecule has 232 valence electrons. The zero-order chi connectivity index (χ0) is 32.3. The first-order chi connectivity index (χ1) is 22.4. The Morgan fingerprint density at radius 3 is 2.35 bits per heavy atom. The van der Waals surface area contributed by atoms with E-state index < -0.39 is 11.8 Å². The highest BCUT2D eigenvalue weighted by Gasteiger charge is 2.16. The number of nitrogens with zero attached hydrogens (tertiary/aromatic N) is 1. The number of nitrogens with one attached hydrogen (secondary N) is 3. The van der Waals surface area contributed by atoms with E-state index in [0.717, 1.165) is 10.5 Å². The lowest BCUT2D eigenvalue weighted by atomic mass is 10.1. The van der Waals surface area contributed by atoms with Crippen molar-refractivity contribution in [3.63, 3.8) is 0 Å². The normalized spacial score (nSPS) is 11.0. The lowest BCUT2D eigenvalue weighted by Crippen LogP contribution is -2.30. The second-order valence-corrected chi connectivity index (χ2v) is 11.6. The molecule has 11 heteroatoms. The Hall–Kier alpha value is -5.26. The number of thiazole rings is 1. The minimum absolute atomic E-state index is 0.0425. The molecule has 4 aromatic carbocycles. The van der Waals surface area contributed by atoms with Crippen molar-refractivity contribution in [2.75, 3.05) is 23.0 Å². The summed E-state index contributed by atoms with van der Waals surface area (Å²) in [6.45, 7) is 2.31. The van der Waals surface area contributed by atoms with Crippen LogP contribution in [0.25, 0.3) is 17.3 Å². The molecule has 3 N–H and O–H groups in total. The van der Waals surface area contributed by atoms with E-state index >= 15 is 0 Å². The molecule has 0 aliphatic heterocycles. The van der Waals surface area contributed by atoms with Gasteiger partial charge in [0.2, 0.25) is 5.91 Å². The van der Waals surface area contributed by atoms with Gasteiger partial charge < -0.3 is 20.7 Å². The number of carbonyl (C=O) groups is 3. The van der Waals surface area contributed by atoms with Crippen LogP contribution < -0.4 is 20.7 Å². The summed E-state index contributed by atoms with van der Waals surface area (Å²) < 4.78 is 18.9. The maximum Gasteiger partial charge on any atom is 0.272 e. The molecule has 0 aliphatic carbocycles. The Kier molecular flexibility index (Phi) is 10.9. The molecule has 0 bridgehead atoms. The second kappa shape index (κ2) is 15.6. The van der Waals surface area contributed by atoms with Crippen LogP contribution in [0.3, 0.4) is 0 Å². The number of aromatic nitrogens is 1. The van der Waals surface area contributed by atoms with Crippen LogP contribution in [0.2, 0.25) is 0 Å². The quantitative estimate of drug-likeness (QED) is 0.0952. The molecule has 0 radical (unpaired) electrons. The number of halogens is 1. The number of thioether (sulfide) groups is 1. The van der Waals surface area contributed by atoms with E-state index in [2.05, 4.69) is 20.9 Å². The number of ether oxygens (including phenoxy) is 1. The van der Waals surface area contributed by atoms with Crippen LogP contribution in [-0.2, 0) is 9.59 Å². The Labute approximate surface area is 273 Å². The molecule has 8 nitrogen and oxygen atoms in total. The molecule has 5 rings (SSSR count). The maximum atomic E-state index is 13.4. The molecule has 0 saturated carbocycles. The number of rotatable bonds is 12. The van der Waals surface area contributed by atoms with Gasteiger partial charge in [0.1, 0.15) is 17.3 Å². The summed E-state index contributed by atoms with van der Waals surface area (Å²) in [4.78, 5) is 44.2. The molecule has 0 aliphatic rings. The number of carbonyl (C=O) groups excluding carboxylic acids is 3. The van der Waals surface area contributed by atoms with Crippen LogP contribution in [-0.4, -0.2) is 35.1 Å². The third-order valence-corrected chi connectivity index (χ3v) is 8.19. The number of benzene rings is 4. The third-order valence-electron chi connectivity index (χ3n) is 6.42. The Morgan fingerprint density at radius 2 is 1.61 bits per heavy atom. The average Bonchev–Trinajstić information content (AvgIpc) is 3.54. The van der Waals surface area contributed by atoms with Gasteiger partial charge in [-0.25, -0.2) is 9.37 Å². The molecule has 3 amide bonds. The minimum Gasteiger partial charge on any atom is -0.493 e. The molecule has 1 aromatic heterocycles. The molecule has 0 saturated heterocycles. The van der Waals surface area contributed by atoms with Gasteiger partial charge in [-0.15, -0.1) is 23.1 Å². The smallest absolute Gasteiger partial charge is 0.272 e. The Morgan fingerprint density at radius 1 is 0.891 bits per heavy atom. The van der Waals surface area contributed by atoms with Crippen LogP contribution in [0.15, 0.2) is 119 Å². The van der Waals surface area contributed by atoms with E-state index in [4.69, 9.17) is 4.74 Å². The molecule has 0 spiro atoms. The lowest BCUT2D eigenvalue weighted by molar-refractivity contribution is -0.114. The van der Waals surface area contributed by atoms with E-state index in [-0.39, 0.29) is 23.2 Å². The van der Waals surface area contributed by atoms with Gasteiger partial charge in [0.25, 0.3) is 11.8 Å². The predicted octanol–water partition coefficient (Wildman–Crippen LogP) is 7.49. The second-order valence-electron chi connectivity index (χ2n) is 9.71. The summed E-state index contributed by atoms with van der Waals surface area (Å²) >= 11 is 2.62. The van der Waals surface area contributed by atoms with Gasteiger partial charge in [0, 0.05) is 32.7 Å². The van der Waals surface area contributed by atoms with Gasteiger partial charge in [-0.2, -0.15) is 0 Å². The standard InChI is InChI=1S/C35H29FN4O4S2/c1-2-44-31-11-7-6-10-25(31)20-29(38-33(42)24-8-4-3-5-9-24)34(43)37-27-16-18-28(19-17-27)45-22-32(41)40-35-39-30(21-46-35)23-12-14-26(36)15-13-23/h3-21H,2,22H2,1H3,(H,37,43)(H,38,42)(H,39,40,41)/b29-20-. The Balaban J connectivity index is 1.21. The van der Waals surface area contributed by atoms with E-state index in [0.29, 0.717) is 40.0 Å². The molecular formula is C35H29FN4O4S2. The van der Waals surface area contributed by atoms with E-state index in [1.807, 2.05) is 19.1 Å². The van der Waals surface area contributed by atoms with E-state index in [1.54, 1.807) is 90.3 Å². The van der Waals surface area contributed by atoms with Crippen molar-refractivity contribution in [1.82, 2.24) is 10.3 Å². The van der Waals surface area contributed by atoms with Gasteiger partial charge >= 0.3 is 0 Å². The topological polar surface area (TPSA) is 109 Å². The molecule has 0 unspecified atom stereocenters. The first kappa shape index (κ1) is 32.1. The van der Waals surface area contributed by atoms with Gasteiger partial charge in [-0.05, 0) is 79.7 Å². The largest absolute Gasteiger partial charge is 0.493 e. The van der Waals surface area contributed by atoms with Crippen molar-refractivity contribution >= 4 is 57.7 Å². The summed E-state index contributed by atoms with van der Waals surface area (Å²) in [7, 11) is 0. The van der Waals surface area contributed by atoms with Gasteiger partial charge in [0.05, 0.1) is 18.1 Å². The van der Waals surface area contributed by atoms with Crippen LogP contribution in [0.5, 0.6) is 5.75 Å². The number of hydrogen-bond donors (Lipinski definition) is 3. The summed E-state index contributed by atoms with van der Waals surface area (Å²) in [5.74, 6) is -0.761. The first-order valence-electron chi connectivity index (χ1n) is 14.2. The molecule has 0 atom stereocenters. The predicted molar refractivity (Wildman–Crippen MR) is 181 cm³/mol. The van der Waals surface area contributed by atoms with Crippen molar-refractivity contribution in [3.05, 3.63) is 131 Å². The molecule has 0 fully saturated rings. The monoisotopic (exact) mass is 652 g/mol. The maximum absolute atomic E-state index is 13.4. The van der Waals surface area contributed by atoms with Gasteiger partial charge in [-0.3, -0.25) is 14.4 Å². The molecule has 1 heterocycles. The van der Waals surface area contributed by atoms with Crippen LogP contribution in [0.1, 0.15) is 22.8 Å². The van der Waals surface area contributed by atoms with Crippen molar-refractivity contribution in [1.29, 1.82) is 0 Å². The van der Waals surface area contributed by atoms with Crippen molar-refractivity contribution in [3.8, 4) is 17.0 Å². The van der Waals surface area contributed by atoms with E-state index in [1.165, 1.54) is 35.2 Å². The lowest BCUT2D eigenvalue weighted by Gasteiger charge is -2.13. The zero-order valence-electron chi connectivity index (χ0n) is 24.7. The van der Waals surface area contributed by atoms with Crippen molar-refractivity contribution in [2.24, 2.45) is 0 Å². The highest BCUT2D eigenvalue weighted by atomic mass is 32.2. The summed E-state index contributed by atoms with van der Waals surface area (Å²) in [6.07, 6.45) is 1.58. The SMILES string of the molecule is CCOc1ccccc1/C=C(\NC(=O)c1ccccc1)C(=O)Nc1ccc(SCC(=O)Nc2nc(-c3ccc(F)cc3)cs2)cc1. The van der Waals surface area contributed by atoms with Gasteiger partial charge in [0.15, 0.2) is 5.13 Å². The average molecular weight is 653 g/mol. The zero-order valence-corrected chi connectivity index (χ0v) is 26.3. The third kappa shape index (κ3) is 8.90. The number of para-hydroxylation sites is 1. The minimum atomic E-state index is -0.515. The summed E-state index contributed by atoms with van der Waals surface area (Å²) in [6, 6.07) is 28.9. The summed E-state index contributed by atoms with van der Waals surface area (Å²) in [5.41, 5.74) is 3.01. The highest BCUT2D eigenvalue weighted by Crippen LogP contribution is 2.26. The molecular weight excluding hydrogens is 624 g/mol. The fourth-order valence-electron chi connectivity index (χ4n) is 4.21. The fourth-order valence-corrected chi connectivity index (χ4v) is 5.64. The fraction of sp³-hybridized carbons (Fsp3) is 0.0857. The number of amides is 3. The van der Waals surface area contributed by atoms with Crippen molar-refractivity contribution in [2.45, 2.75) is 11.8 Å². The Bertz CT molecular complexity index is 1840. The first-order valence-corrected chi connectivity index (χ1v) is 16.1. The van der Waals surface area contributed by atoms with Crippen LogP contribution >= 0.6 is 23.1 Å². The van der Waals surface area contributed by atoms with Crippen molar-refractivity contribution < 1.29 is 23.5 Å². The number of anilines is 2. The van der Waals surface area contributed by atoms with E-state index in [9.17, 15) is 18.8 Å². The molecule has 46 heavy (non-hydrogen) atoms. The summed E-state index contributed by atoms with van der Waals surface area (Å²) in [5, 5.41) is 10.6. The van der Waals surface area contributed by atoms with Gasteiger partial charge in [-0.1, -0.05) is 36.4 Å². The number of hydrogen-bond acceptors (Lipinski definition) is 7. The highest BCUT2D eigenvalue weighted by molar-refractivity contribution is 8.00.